The molecule has 194 valence electrons. The van der Waals surface area contributed by atoms with Gasteiger partial charge in [-0.15, -0.1) is 0 Å². The lowest BCUT2D eigenvalue weighted by Crippen LogP contribution is -2.59. The topological polar surface area (TPSA) is 102 Å². The van der Waals surface area contributed by atoms with Crippen molar-refractivity contribution in [2.45, 2.75) is 44.6 Å². The maximum atomic E-state index is 14.2. The van der Waals surface area contributed by atoms with Gasteiger partial charge < -0.3 is 25.5 Å². The number of rotatable bonds is 6. The third-order valence-corrected chi connectivity index (χ3v) is 8.78. The standard InChI is InChI=1S/C29H34N4O4/c34-11-10-32-23-8-4-5-9-24(23)33(18-29-15-19-12-20(16-29)14-21(13-19)17-29)27(36)25(26(32)35)31-28(37)30-22-6-2-1-3-7-22/h1-9,19-21,25,34H,10-18H2,(H2,30,31,37). The average molecular weight is 503 g/mol. The van der Waals surface area contributed by atoms with Crippen LogP contribution in [0.25, 0.3) is 0 Å². The first-order valence-electron chi connectivity index (χ1n) is 13.4. The molecule has 7 rings (SSSR count). The van der Waals surface area contributed by atoms with E-state index in [0.29, 0.717) is 23.6 Å². The number of benzene rings is 2. The zero-order valence-electron chi connectivity index (χ0n) is 20.9. The fourth-order valence-corrected chi connectivity index (χ4v) is 7.83. The van der Waals surface area contributed by atoms with Crippen LogP contribution in [0.1, 0.15) is 38.5 Å². The van der Waals surface area contributed by atoms with Crippen molar-refractivity contribution in [3.05, 3.63) is 54.6 Å². The number of aliphatic hydroxyl groups is 1. The van der Waals surface area contributed by atoms with Crippen LogP contribution in [0.4, 0.5) is 21.9 Å². The molecule has 0 spiro atoms. The quantitative estimate of drug-likeness (QED) is 0.524. The van der Waals surface area contributed by atoms with E-state index in [9.17, 15) is 19.5 Å². The smallest absolute Gasteiger partial charge is 0.320 e. The maximum absolute atomic E-state index is 14.2. The molecule has 5 aliphatic rings. The molecule has 4 fully saturated rings. The fourth-order valence-electron chi connectivity index (χ4n) is 7.83. The molecule has 37 heavy (non-hydrogen) atoms. The van der Waals surface area contributed by atoms with Gasteiger partial charge in [0.15, 0.2) is 6.04 Å². The minimum absolute atomic E-state index is 0.0345. The van der Waals surface area contributed by atoms with Crippen LogP contribution in [0.2, 0.25) is 0 Å². The second-order valence-electron chi connectivity index (χ2n) is 11.4. The number of β-amino-alcohol motifs (C(OH)–C–C–N with tert-alkyl or cyclic N) is 1. The van der Waals surface area contributed by atoms with Crippen molar-refractivity contribution in [1.29, 1.82) is 0 Å². The van der Waals surface area contributed by atoms with Gasteiger partial charge in [0.2, 0.25) is 0 Å². The first kappa shape index (κ1) is 24.0. The Bertz CT molecular complexity index is 1160. The van der Waals surface area contributed by atoms with E-state index in [2.05, 4.69) is 10.6 Å². The molecular formula is C29H34N4O4. The monoisotopic (exact) mass is 502 g/mol. The highest BCUT2D eigenvalue weighted by atomic mass is 16.3. The second-order valence-corrected chi connectivity index (χ2v) is 11.4. The minimum Gasteiger partial charge on any atom is -0.395 e. The van der Waals surface area contributed by atoms with Gasteiger partial charge in [0.1, 0.15) is 0 Å². The highest BCUT2D eigenvalue weighted by Gasteiger charge is 2.53. The number of fused-ring (bicyclic) bond motifs is 1. The number of anilines is 3. The van der Waals surface area contributed by atoms with Crippen LogP contribution in [-0.2, 0) is 9.59 Å². The Labute approximate surface area is 217 Å². The van der Waals surface area contributed by atoms with Crippen LogP contribution in [0.15, 0.2) is 54.6 Å². The second kappa shape index (κ2) is 9.49. The van der Waals surface area contributed by atoms with E-state index in [1.807, 2.05) is 30.3 Å². The maximum Gasteiger partial charge on any atom is 0.320 e. The summed E-state index contributed by atoms with van der Waals surface area (Å²) in [5.41, 5.74) is 1.86. The molecule has 8 heteroatoms. The van der Waals surface area contributed by atoms with Crippen LogP contribution >= 0.6 is 0 Å². The number of nitrogens with zero attached hydrogens (tertiary/aromatic N) is 2. The van der Waals surface area contributed by atoms with Gasteiger partial charge >= 0.3 is 6.03 Å². The van der Waals surface area contributed by atoms with Gasteiger partial charge in [0.05, 0.1) is 18.0 Å². The van der Waals surface area contributed by atoms with E-state index >= 15 is 0 Å². The lowest BCUT2D eigenvalue weighted by Gasteiger charge is -2.57. The van der Waals surface area contributed by atoms with E-state index in [4.69, 9.17) is 0 Å². The third kappa shape index (κ3) is 4.48. The molecule has 0 aromatic heterocycles. The molecule has 4 bridgehead atoms. The molecule has 4 amide bonds. The first-order valence-corrected chi connectivity index (χ1v) is 13.4. The van der Waals surface area contributed by atoms with E-state index in [-0.39, 0.29) is 18.6 Å². The van der Waals surface area contributed by atoms with Gasteiger partial charge in [-0.3, -0.25) is 9.59 Å². The van der Waals surface area contributed by atoms with Gasteiger partial charge in [-0.2, -0.15) is 0 Å². The normalized spacial score (nSPS) is 30.2. The van der Waals surface area contributed by atoms with E-state index in [1.54, 1.807) is 29.2 Å². The Morgan fingerprint density at radius 2 is 1.38 bits per heavy atom. The first-order chi connectivity index (χ1) is 17.9. The van der Waals surface area contributed by atoms with Crippen molar-refractivity contribution in [3.63, 3.8) is 0 Å². The molecule has 1 aliphatic heterocycles. The number of hydrogen-bond donors (Lipinski definition) is 3. The summed E-state index contributed by atoms with van der Waals surface area (Å²) < 4.78 is 0. The predicted octanol–water partition coefficient (Wildman–Crippen LogP) is 3.77. The molecule has 1 heterocycles. The molecule has 0 saturated heterocycles. The Morgan fingerprint density at radius 3 is 1.97 bits per heavy atom. The van der Waals surface area contributed by atoms with Crippen molar-refractivity contribution in [3.8, 4) is 0 Å². The summed E-state index contributed by atoms with van der Waals surface area (Å²) in [5, 5.41) is 15.1. The number of aliphatic hydroxyl groups excluding tert-OH is 1. The van der Waals surface area contributed by atoms with Crippen LogP contribution in [0.3, 0.4) is 0 Å². The van der Waals surface area contributed by atoms with E-state index in [1.165, 1.54) is 24.2 Å². The Kier molecular flexibility index (Phi) is 6.15. The van der Waals surface area contributed by atoms with E-state index in [0.717, 1.165) is 37.0 Å². The zero-order valence-corrected chi connectivity index (χ0v) is 20.9. The van der Waals surface area contributed by atoms with Crippen molar-refractivity contribution in [2.24, 2.45) is 23.2 Å². The van der Waals surface area contributed by atoms with Crippen LogP contribution in [0, 0.1) is 23.2 Å². The zero-order chi connectivity index (χ0) is 25.6. The summed E-state index contributed by atoms with van der Waals surface area (Å²) in [5.74, 6) is 1.21. The fraction of sp³-hybridized carbons (Fsp3) is 0.483. The number of hydrogen-bond acceptors (Lipinski definition) is 4. The molecule has 3 N–H and O–H groups in total. The highest BCUT2D eigenvalue weighted by Crippen LogP contribution is 2.60. The van der Waals surface area contributed by atoms with Gasteiger partial charge in [-0.25, -0.2) is 4.79 Å². The highest BCUT2D eigenvalue weighted by molar-refractivity contribution is 6.21. The Balaban J connectivity index is 1.34. The molecule has 1 atom stereocenters. The van der Waals surface area contributed by atoms with Crippen molar-refractivity contribution >= 4 is 34.9 Å². The lowest BCUT2D eigenvalue weighted by molar-refractivity contribution is -0.129. The lowest BCUT2D eigenvalue weighted by atomic mass is 9.49. The van der Waals surface area contributed by atoms with Gasteiger partial charge in [-0.1, -0.05) is 30.3 Å². The number of carbonyl (C=O) groups excluding carboxylic acids is 3. The predicted molar refractivity (Wildman–Crippen MR) is 141 cm³/mol. The Hall–Kier alpha value is -3.39. The number of carbonyl (C=O) groups is 3. The van der Waals surface area contributed by atoms with Crippen molar-refractivity contribution in [1.82, 2.24) is 5.32 Å². The summed E-state index contributed by atoms with van der Waals surface area (Å²) in [7, 11) is 0. The third-order valence-electron chi connectivity index (χ3n) is 8.78. The van der Waals surface area contributed by atoms with Crippen LogP contribution < -0.4 is 20.4 Å². The SMILES string of the molecule is O=C(Nc1ccccc1)NC1C(=O)N(CCO)c2ccccc2N(CC23CC4CC(CC(C4)C2)C3)C1=O. The van der Waals surface area contributed by atoms with Gasteiger partial charge in [0, 0.05) is 18.8 Å². The molecule has 2 aromatic rings. The molecule has 8 nitrogen and oxygen atoms in total. The molecule has 2 aromatic carbocycles. The summed E-state index contributed by atoms with van der Waals surface area (Å²) >= 11 is 0. The summed E-state index contributed by atoms with van der Waals surface area (Å²) in [4.78, 5) is 44.0. The number of para-hydroxylation sites is 3. The minimum atomic E-state index is -1.39. The molecule has 0 radical (unpaired) electrons. The van der Waals surface area contributed by atoms with Gasteiger partial charge in [-0.05, 0) is 86.0 Å². The summed E-state index contributed by atoms with van der Waals surface area (Å²) in [6, 6.07) is 14.3. The average Bonchev–Trinajstić information content (AvgIpc) is 2.94. The van der Waals surface area contributed by atoms with Crippen molar-refractivity contribution in [2.75, 3.05) is 34.8 Å². The largest absolute Gasteiger partial charge is 0.395 e. The van der Waals surface area contributed by atoms with Crippen LogP contribution in [0.5, 0.6) is 0 Å². The molecule has 4 aliphatic carbocycles. The van der Waals surface area contributed by atoms with E-state index < -0.39 is 23.9 Å². The molecule has 4 saturated carbocycles. The molecule has 1 unspecified atom stereocenters. The summed E-state index contributed by atoms with van der Waals surface area (Å²) in [6.07, 6.45) is 7.26. The van der Waals surface area contributed by atoms with Crippen LogP contribution in [-0.4, -0.2) is 48.7 Å². The van der Waals surface area contributed by atoms with Crippen molar-refractivity contribution < 1.29 is 19.5 Å². The van der Waals surface area contributed by atoms with Gasteiger partial charge in [0.25, 0.3) is 11.8 Å². The number of amides is 4. The summed E-state index contributed by atoms with van der Waals surface area (Å²) in [6.45, 7) is 0.323. The number of nitrogens with one attached hydrogen (secondary N) is 2. The number of urea groups is 1. The Morgan fingerprint density at radius 1 is 0.838 bits per heavy atom. The molecular weight excluding hydrogens is 468 g/mol.